The lowest BCUT2D eigenvalue weighted by molar-refractivity contribution is -0.135. The van der Waals surface area contributed by atoms with Gasteiger partial charge in [0.25, 0.3) is 0 Å². The zero-order valence-electron chi connectivity index (χ0n) is 12.0. The molecular formula is C17H16O4. The Bertz CT molecular complexity index is 661. The van der Waals surface area contributed by atoms with Crippen LogP contribution in [0.5, 0.6) is 17.2 Å². The Morgan fingerprint density at radius 1 is 1.05 bits per heavy atom. The molecule has 0 N–H and O–H groups in total. The van der Waals surface area contributed by atoms with Gasteiger partial charge >= 0.3 is 5.97 Å². The SMILES string of the molecule is COc1ccc([C@@H]2CC(=O)Oc3c(OC)cccc32)cc1. The molecule has 0 spiro atoms. The third-order valence-corrected chi connectivity index (χ3v) is 3.71. The Balaban J connectivity index is 2.06. The van der Waals surface area contributed by atoms with E-state index in [0.717, 1.165) is 16.9 Å². The maximum atomic E-state index is 11.9. The average Bonchev–Trinajstić information content (AvgIpc) is 2.53. The predicted octanol–water partition coefficient (Wildman–Crippen LogP) is 3.14. The Morgan fingerprint density at radius 2 is 1.81 bits per heavy atom. The quantitative estimate of drug-likeness (QED) is 0.641. The van der Waals surface area contributed by atoms with Gasteiger partial charge in [0.15, 0.2) is 11.5 Å². The number of carbonyl (C=O) groups is 1. The van der Waals surface area contributed by atoms with Crippen molar-refractivity contribution in [3.05, 3.63) is 53.6 Å². The molecule has 0 aromatic heterocycles. The Morgan fingerprint density at radius 3 is 2.48 bits per heavy atom. The number of fused-ring (bicyclic) bond motifs is 1. The fraction of sp³-hybridized carbons (Fsp3) is 0.235. The number of carbonyl (C=O) groups excluding carboxylic acids is 1. The van der Waals surface area contributed by atoms with Gasteiger partial charge in [0.05, 0.1) is 20.6 Å². The highest BCUT2D eigenvalue weighted by Crippen LogP contribution is 2.43. The minimum atomic E-state index is -0.243. The van der Waals surface area contributed by atoms with Crippen LogP contribution in [0.1, 0.15) is 23.5 Å². The largest absolute Gasteiger partial charge is 0.497 e. The van der Waals surface area contributed by atoms with Gasteiger partial charge in [0.1, 0.15) is 5.75 Å². The van der Waals surface area contributed by atoms with Crippen LogP contribution in [-0.4, -0.2) is 20.2 Å². The minimum absolute atomic E-state index is 0.0257. The zero-order chi connectivity index (χ0) is 14.8. The van der Waals surface area contributed by atoms with Crippen molar-refractivity contribution >= 4 is 5.97 Å². The molecule has 2 aromatic rings. The lowest BCUT2D eigenvalue weighted by atomic mass is 9.86. The summed E-state index contributed by atoms with van der Waals surface area (Å²) < 4.78 is 15.8. The Hall–Kier alpha value is -2.49. The van der Waals surface area contributed by atoms with Crippen molar-refractivity contribution in [2.45, 2.75) is 12.3 Å². The van der Waals surface area contributed by atoms with Gasteiger partial charge in [-0.2, -0.15) is 0 Å². The first-order valence-electron chi connectivity index (χ1n) is 6.74. The maximum absolute atomic E-state index is 11.9. The summed E-state index contributed by atoms with van der Waals surface area (Å²) in [5.74, 6) is 1.63. The average molecular weight is 284 g/mol. The van der Waals surface area contributed by atoms with Crippen LogP contribution in [-0.2, 0) is 4.79 Å². The molecule has 1 aliphatic heterocycles. The van der Waals surface area contributed by atoms with Crippen LogP contribution in [0.3, 0.4) is 0 Å². The second-order valence-electron chi connectivity index (χ2n) is 4.88. The summed E-state index contributed by atoms with van der Waals surface area (Å²) in [6, 6.07) is 13.4. The van der Waals surface area contributed by atoms with Crippen molar-refractivity contribution in [1.29, 1.82) is 0 Å². The van der Waals surface area contributed by atoms with E-state index in [-0.39, 0.29) is 11.9 Å². The van der Waals surface area contributed by atoms with Crippen LogP contribution >= 0.6 is 0 Å². The monoisotopic (exact) mass is 284 g/mol. The molecule has 0 saturated heterocycles. The van der Waals surface area contributed by atoms with Crippen molar-refractivity contribution in [2.24, 2.45) is 0 Å². The molecule has 3 rings (SSSR count). The fourth-order valence-electron chi connectivity index (χ4n) is 2.64. The third-order valence-electron chi connectivity index (χ3n) is 3.71. The summed E-state index contributed by atoms with van der Waals surface area (Å²) in [7, 11) is 3.20. The predicted molar refractivity (Wildman–Crippen MR) is 78.1 cm³/mol. The first-order chi connectivity index (χ1) is 10.2. The van der Waals surface area contributed by atoms with Gasteiger partial charge < -0.3 is 14.2 Å². The molecule has 0 radical (unpaired) electrons. The summed E-state index contributed by atoms with van der Waals surface area (Å²) in [5.41, 5.74) is 2.03. The van der Waals surface area contributed by atoms with Gasteiger partial charge in [-0.25, -0.2) is 0 Å². The highest BCUT2D eigenvalue weighted by molar-refractivity contribution is 5.79. The molecule has 4 heteroatoms. The van der Waals surface area contributed by atoms with Gasteiger partial charge in [0.2, 0.25) is 0 Å². The van der Waals surface area contributed by atoms with E-state index in [0.29, 0.717) is 17.9 Å². The van der Waals surface area contributed by atoms with E-state index in [1.807, 2.05) is 36.4 Å². The van der Waals surface area contributed by atoms with Crippen LogP contribution in [0.4, 0.5) is 0 Å². The minimum Gasteiger partial charge on any atom is -0.497 e. The second-order valence-corrected chi connectivity index (χ2v) is 4.88. The van der Waals surface area contributed by atoms with E-state index in [1.54, 1.807) is 20.3 Å². The number of ether oxygens (including phenoxy) is 3. The van der Waals surface area contributed by atoms with Crippen LogP contribution < -0.4 is 14.2 Å². The summed E-state index contributed by atoms with van der Waals surface area (Å²) in [6.07, 6.45) is 0.326. The molecule has 0 saturated carbocycles. The van der Waals surface area contributed by atoms with Crippen LogP contribution in [0.2, 0.25) is 0 Å². The maximum Gasteiger partial charge on any atom is 0.312 e. The fourth-order valence-corrected chi connectivity index (χ4v) is 2.64. The molecule has 0 bridgehead atoms. The number of rotatable bonds is 3. The number of para-hydroxylation sites is 1. The molecule has 4 nitrogen and oxygen atoms in total. The number of benzene rings is 2. The number of hydrogen-bond donors (Lipinski definition) is 0. The van der Waals surface area contributed by atoms with E-state index in [2.05, 4.69) is 0 Å². The first-order valence-corrected chi connectivity index (χ1v) is 6.74. The van der Waals surface area contributed by atoms with Crippen LogP contribution in [0.25, 0.3) is 0 Å². The lowest BCUT2D eigenvalue weighted by Crippen LogP contribution is -2.21. The van der Waals surface area contributed by atoms with Gasteiger partial charge in [-0.1, -0.05) is 24.3 Å². The Kier molecular flexibility index (Phi) is 3.52. The molecular weight excluding hydrogens is 268 g/mol. The number of esters is 1. The van der Waals surface area contributed by atoms with Crippen molar-refractivity contribution in [3.8, 4) is 17.2 Å². The normalized spacial score (nSPS) is 16.9. The van der Waals surface area contributed by atoms with Gasteiger partial charge in [-0.05, 0) is 23.8 Å². The topological polar surface area (TPSA) is 44.8 Å². The summed E-state index contributed by atoms with van der Waals surface area (Å²) >= 11 is 0. The standard InChI is InChI=1S/C17H16O4/c1-19-12-8-6-11(7-9-12)14-10-16(18)21-17-13(14)4-3-5-15(17)20-2/h3-9,14H,10H2,1-2H3/t14-/m0/s1. The molecule has 2 aromatic carbocycles. The molecule has 1 atom stereocenters. The third kappa shape index (κ3) is 2.44. The van der Waals surface area contributed by atoms with E-state index >= 15 is 0 Å². The molecule has 0 aliphatic carbocycles. The van der Waals surface area contributed by atoms with E-state index in [4.69, 9.17) is 14.2 Å². The second kappa shape index (κ2) is 5.48. The van der Waals surface area contributed by atoms with E-state index in [1.165, 1.54) is 0 Å². The highest BCUT2D eigenvalue weighted by Gasteiger charge is 2.30. The summed E-state index contributed by atoms with van der Waals surface area (Å²) in [4.78, 5) is 11.9. The van der Waals surface area contributed by atoms with E-state index < -0.39 is 0 Å². The molecule has 0 amide bonds. The van der Waals surface area contributed by atoms with Crippen molar-refractivity contribution in [3.63, 3.8) is 0 Å². The number of hydrogen-bond acceptors (Lipinski definition) is 4. The molecule has 0 fully saturated rings. The van der Waals surface area contributed by atoms with Crippen molar-refractivity contribution < 1.29 is 19.0 Å². The molecule has 0 unspecified atom stereocenters. The number of methoxy groups -OCH3 is 2. The van der Waals surface area contributed by atoms with E-state index in [9.17, 15) is 4.79 Å². The molecule has 1 heterocycles. The van der Waals surface area contributed by atoms with Gasteiger partial charge in [-0.3, -0.25) is 4.79 Å². The van der Waals surface area contributed by atoms with Crippen molar-refractivity contribution in [2.75, 3.05) is 14.2 Å². The van der Waals surface area contributed by atoms with Crippen LogP contribution in [0.15, 0.2) is 42.5 Å². The first kappa shape index (κ1) is 13.5. The summed E-state index contributed by atoms with van der Waals surface area (Å²) in [6.45, 7) is 0. The smallest absolute Gasteiger partial charge is 0.312 e. The zero-order valence-corrected chi connectivity index (χ0v) is 12.0. The molecule has 108 valence electrons. The van der Waals surface area contributed by atoms with Crippen LogP contribution in [0, 0.1) is 0 Å². The van der Waals surface area contributed by atoms with Gasteiger partial charge in [0, 0.05) is 11.5 Å². The summed E-state index contributed by atoms with van der Waals surface area (Å²) in [5, 5.41) is 0. The highest BCUT2D eigenvalue weighted by atomic mass is 16.6. The lowest BCUT2D eigenvalue weighted by Gasteiger charge is -2.26. The van der Waals surface area contributed by atoms with Gasteiger partial charge in [-0.15, -0.1) is 0 Å². The van der Waals surface area contributed by atoms with Crippen molar-refractivity contribution in [1.82, 2.24) is 0 Å². The molecule has 1 aliphatic rings. The Labute approximate surface area is 123 Å². The molecule has 21 heavy (non-hydrogen) atoms.